The maximum absolute atomic E-state index is 6.28. The van der Waals surface area contributed by atoms with Gasteiger partial charge in [-0.3, -0.25) is 0 Å². The van der Waals surface area contributed by atoms with Gasteiger partial charge >= 0.3 is 0 Å². The van der Waals surface area contributed by atoms with Crippen LogP contribution in [-0.4, -0.2) is 0 Å². The summed E-state index contributed by atoms with van der Waals surface area (Å²) in [6, 6.07) is 62.8. The lowest BCUT2D eigenvalue weighted by atomic mass is 9.96. The zero-order chi connectivity index (χ0) is 30.5. The van der Waals surface area contributed by atoms with E-state index in [1.807, 2.05) is 12.1 Å². The molecule has 1 aromatic heterocycles. The fourth-order valence-electron chi connectivity index (χ4n) is 6.68. The highest BCUT2D eigenvalue weighted by molar-refractivity contribution is 6.06. The van der Waals surface area contributed by atoms with E-state index >= 15 is 0 Å². The minimum absolute atomic E-state index is 0.883. The average molecular weight is 588 g/mol. The highest BCUT2D eigenvalue weighted by Crippen LogP contribution is 2.40. The van der Waals surface area contributed by atoms with Gasteiger partial charge in [0.05, 0.1) is 0 Å². The van der Waals surface area contributed by atoms with Crippen LogP contribution in [-0.2, 0) is 0 Å². The minimum atomic E-state index is 0.883. The van der Waals surface area contributed by atoms with Gasteiger partial charge in [0.2, 0.25) is 0 Å². The Kier molecular flexibility index (Phi) is 6.17. The van der Waals surface area contributed by atoms with Gasteiger partial charge < -0.3 is 9.32 Å². The molecule has 0 atom stereocenters. The van der Waals surface area contributed by atoms with E-state index in [-0.39, 0.29) is 0 Å². The average Bonchev–Trinajstić information content (AvgIpc) is 3.50. The van der Waals surface area contributed by atoms with Crippen LogP contribution in [0.4, 0.5) is 17.1 Å². The van der Waals surface area contributed by atoms with Gasteiger partial charge in [0.25, 0.3) is 0 Å². The van der Waals surface area contributed by atoms with Crippen molar-refractivity contribution in [1.29, 1.82) is 0 Å². The third-order valence-corrected chi connectivity index (χ3v) is 9.00. The topological polar surface area (TPSA) is 16.4 Å². The van der Waals surface area contributed by atoms with Crippen molar-refractivity contribution in [1.82, 2.24) is 0 Å². The second-order valence-corrected chi connectivity index (χ2v) is 11.8. The van der Waals surface area contributed by atoms with E-state index in [1.165, 1.54) is 43.8 Å². The Morgan fingerprint density at radius 1 is 0.304 bits per heavy atom. The Morgan fingerprint density at radius 2 is 0.848 bits per heavy atom. The molecule has 2 heteroatoms. The Bertz CT molecular complexity index is 2540. The number of nitrogens with zero attached hydrogens (tertiary/aromatic N) is 1. The summed E-state index contributed by atoms with van der Waals surface area (Å²) in [5.74, 6) is 0. The zero-order valence-corrected chi connectivity index (χ0v) is 25.1. The first-order valence-corrected chi connectivity index (χ1v) is 15.7. The molecule has 9 aromatic rings. The Labute approximate surface area is 267 Å². The third kappa shape index (κ3) is 4.60. The van der Waals surface area contributed by atoms with Crippen LogP contribution in [0.1, 0.15) is 0 Å². The molecule has 0 unspecified atom stereocenters. The minimum Gasteiger partial charge on any atom is -0.456 e. The molecule has 8 aromatic carbocycles. The first kappa shape index (κ1) is 26.3. The monoisotopic (exact) mass is 587 g/mol. The molecule has 1 heterocycles. The van der Waals surface area contributed by atoms with Crippen molar-refractivity contribution in [3.8, 4) is 22.3 Å². The summed E-state index contributed by atoms with van der Waals surface area (Å²) in [7, 11) is 0. The molecule has 0 aliphatic heterocycles. The van der Waals surface area contributed by atoms with E-state index in [0.717, 1.165) is 39.0 Å². The van der Waals surface area contributed by atoms with E-state index in [0.29, 0.717) is 0 Å². The number of fused-ring (bicyclic) bond motifs is 5. The fourth-order valence-corrected chi connectivity index (χ4v) is 6.68. The van der Waals surface area contributed by atoms with Crippen molar-refractivity contribution < 1.29 is 4.42 Å². The van der Waals surface area contributed by atoms with Gasteiger partial charge in [-0.25, -0.2) is 0 Å². The molecule has 0 aliphatic rings. The second-order valence-electron chi connectivity index (χ2n) is 11.8. The summed E-state index contributed by atoms with van der Waals surface area (Å²) < 4.78 is 6.28. The summed E-state index contributed by atoms with van der Waals surface area (Å²) >= 11 is 0. The lowest BCUT2D eigenvalue weighted by Crippen LogP contribution is -2.09. The van der Waals surface area contributed by atoms with Crippen LogP contribution in [0.25, 0.3) is 65.7 Å². The van der Waals surface area contributed by atoms with Crippen molar-refractivity contribution in [3.05, 3.63) is 176 Å². The van der Waals surface area contributed by atoms with Crippen LogP contribution < -0.4 is 4.90 Å². The smallest absolute Gasteiger partial charge is 0.137 e. The van der Waals surface area contributed by atoms with Gasteiger partial charge in [0.1, 0.15) is 11.2 Å². The molecule has 0 spiro atoms. The Hall–Kier alpha value is -6.12. The summed E-state index contributed by atoms with van der Waals surface area (Å²) in [5, 5.41) is 7.24. The molecule has 0 amide bonds. The van der Waals surface area contributed by atoms with Gasteiger partial charge in [-0.15, -0.1) is 0 Å². The van der Waals surface area contributed by atoms with Crippen LogP contribution in [0.15, 0.2) is 180 Å². The molecule has 0 saturated carbocycles. The number of benzene rings is 8. The van der Waals surface area contributed by atoms with Crippen LogP contribution in [0.5, 0.6) is 0 Å². The summed E-state index contributed by atoms with van der Waals surface area (Å²) in [6.07, 6.45) is 0. The molecule has 2 nitrogen and oxygen atoms in total. The molecule has 0 aliphatic carbocycles. The summed E-state index contributed by atoms with van der Waals surface area (Å²) in [4.78, 5) is 2.30. The van der Waals surface area contributed by atoms with Crippen LogP contribution in [0, 0.1) is 0 Å². The molecule has 0 bridgehead atoms. The molecule has 9 rings (SSSR count). The molecule has 0 fully saturated rings. The summed E-state index contributed by atoms with van der Waals surface area (Å²) in [5.41, 5.74) is 9.84. The zero-order valence-electron chi connectivity index (χ0n) is 25.1. The predicted molar refractivity (Wildman–Crippen MR) is 194 cm³/mol. The SMILES string of the molecule is c1ccc(N(c2cccc(-c3ccc4cc(-c5ccc6ccccc6c5)ccc4c3)c2)c2ccc3c(c2)oc2ccccc23)cc1. The molecule has 46 heavy (non-hydrogen) atoms. The quantitative estimate of drug-likeness (QED) is 0.199. The van der Waals surface area contributed by atoms with E-state index in [9.17, 15) is 0 Å². The number of furan rings is 1. The highest BCUT2D eigenvalue weighted by atomic mass is 16.3. The van der Waals surface area contributed by atoms with Gasteiger partial charge in [-0.1, -0.05) is 109 Å². The van der Waals surface area contributed by atoms with Gasteiger partial charge in [-0.2, -0.15) is 0 Å². The number of anilines is 3. The lowest BCUT2D eigenvalue weighted by molar-refractivity contribution is 0.669. The number of rotatable bonds is 5. The van der Waals surface area contributed by atoms with Crippen LogP contribution >= 0.6 is 0 Å². The van der Waals surface area contributed by atoms with Crippen LogP contribution in [0.3, 0.4) is 0 Å². The van der Waals surface area contributed by atoms with E-state index in [1.54, 1.807) is 0 Å². The predicted octanol–water partition coefficient (Wildman–Crippen LogP) is 12.7. The molecule has 0 radical (unpaired) electrons. The fraction of sp³-hybridized carbons (Fsp3) is 0. The Balaban J connectivity index is 1.10. The standard InChI is InChI=1S/C44H29NO/c1-2-12-38(13-3-1)45(40-23-24-42-41-15-6-7-16-43(41)46-44(42)29-40)39-14-8-11-32(28-39)33-19-20-37-27-36(22-21-35(37)26-33)34-18-17-30-9-4-5-10-31(30)25-34/h1-29H. The maximum atomic E-state index is 6.28. The van der Waals surface area contributed by atoms with Crippen molar-refractivity contribution >= 4 is 60.5 Å². The highest BCUT2D eigenvalue weighted by Gasteiger charge is 2.16. The summed E-state index contributed by atoms with van der Waals surface area (Å²) in [6.45, 7) is 0. The van der Waals surface area contributed by atoms with Gasteiger partial charge in [-0.05, 0) is 104 Å². The Morgan fingerprint density at radius 3 is 1.61 bits per heavy atom. The molecular weight excluding hydrogens is 558 g/mol. The molecule has 216 valence electrons. The van der Waals surface area contributed by atoms with E-state index < -0.39 is 0 Å². The number of hydrogen-bond acceptors (Lipinski definition) is 2. The van der Waals surface area contributed by atoms with E-state index in [2.05, 4.69) is 169 Å². The van der Waals surface area contributed by atoms with E-state index in [4.69, 9.17) is 4.42 Å². The van der Waals surface area contributed by atoms with Gasteiger partial charge in [0.15, 0.2) is 0 Å². The van der Waals surface area contributed by atoms with Gasteiger partial charge in [0, 0.05) is 33.9 Å². The lowest BCUT2D eigenvalue weighted by Gasteiger charge is -2.26. The number of hydrogen-bond donors (Lipinski definition) is 0. The molecule has 0 saturated heterocycles. The van der Waals surface area contributed by atoms with Crippen molar-refractivity contribution in [2.75, 3.05) is 4.90 Å². The van der Waals surface area contributed by atoms with Crippen molar-refractivity contribution in [3.63, 3.8) is 0 Å². The van der Waals surface area contributed by atoms with Crippen molar-refractivity contribution in [2.45, 2.75) is 0 Å². The first-order chi connectivity index (χ1) is 22.8. The number of para-hydroxylation sites is 2. The van der Waals surface area contributed by atoms with Crippen LogP contribution in [0.2, 0.25) is 0 Å². The first-order valence-electron chi connectivity index (χ1n) is 15.7. The second kappa shape index (κ2) is 10.8. The molecular formula is C44H29NO. The van der Waals surface area contributed by atoms with Crippen molar-refractivity contribution in [2.24, 2.45) is 0 Å². The third-order valence-electron chi connectivity index (χ3n) is 9.00. The molecule has 0 N–H and O–H groups in total. The largest absolute Gasteiger partial charge is 0.456 e. The maximum Gasteiger partial charge on any atom is 0.137 e. The normalized spacial score (nSPS) is 11.5.